The molecule has 2 rings (SSSR count). The summed E-state index contributed by atoms with van der Waals surface area (Å²) in [5.74, 6) is -0.177. The van der Waals surface area contributed by atoms with Crippen LogP contribution in [-0.2, 0) is 11.2 Å². The zero-order chi connectivity index (χ0) is 11.6. The van der Waals surface area contributed by atoms with Crippen LogP contribution in [0.25, 0.3) is 0 Å². The Bertz CT molecular complexity index is 357. The van der Waals surface area contributed by atoms with Crippen molar-refractivity contribution in [2.24, 2.45) is 5.73 Å². The summed E-state index contributed by atoms with van der Waals surface area (Å²) < 4.78 is 19.0. The summed E-state index contributed by atoms with van der Waals surface area (Å²) in [6, 6.07) is 6.67. The van der Waals surface area contributed by atoms with E-state index in [1.165, 1.54) is 6.07 Å². The highest BCUT2D eigenvalue weighted by atomic mass is 19.1. The third kappa shape index (κ3) is 1.97. The van der Waals surface area contributed by atoms with E-state index in [4.69, 9.17) is 10.5 Å². The van der Waals surface area contributed by atoms with Crippen LogP contribution in [-0.4, -0.2) is 18.8 Å². The van der Waals surface area contributed by atoms with Gasteiger partial charge in [0.1, 0.15) is 5.82 Å². The minimum Gasteiger partial charge on any atom is -0.377 e. The standard InChI is InChI=1S/C13H18FNO/c1-16-13(7-4-8-13)12(15)9-10-5-2-3-6-11(10)14/h2-3,5-6,12H,4,7-9,15H2,1H3. The van der Waals surface area contributed by atoms with Gasteiger partial charge in [-0.05, 0) is 37.3 Å². The molecule has 0 aromatic heterocycles. The van der Waals surface area contributed by atoms with Crippen LogP contribution in [0.2, 0.25) is 0 Å². The van der Waals surface area contributed by atoms with Gasteiger partial charge >= 0.3 is 0 Å². The van der Waals surface area contributed by atoms with Gasteiger partial charge in [-0.1, -0.05) is 18.2 Å². The quantitative estimate of drug-likeness (QED) is 0.849. The highest BCUT2D eigenvalue weighted by Crippen LogP contribution is 2.38. The van der Waals surface area contributed by atoms with E-state index in [2.05, 4.69) is 0 Å². The van der Waals surface area contributed by atoms with Crippen LogP contribution in [0.1, 0.15) is 24.8 Å². The second-order valence-corrected chi connectivity index (χ2v) is 4.52. The summed E-state index contributed by atoms with van der Waals surface area (Å²) in [5, 5.41) is 0. The van der Waals surface area contributed by atoms with Gasteiger partial charge in [0.2, 0.25) is 0 Å². The third-order valence-electron chi connectivity index (χ3n) is 3.68. The molecule has 1 aliphatic carbocycles. The van der Waals surface area contributed by atoms with Gasteiger partial charge in [-0.15, -0.1) is 0 Å². The van der Waals surface area contributed by atoms with Gasteiger partial charge in [0.05, 0.1) is 5.60 Å². The van der Waals surface area contributed by atoms with Crippen molar-refractivity contribution >= 4 is 0 Å². The maximum absolute atomic E-state index is 13.5. The van der Waals surface area contributed by atoms with Crippen molar-refractivity contribution in [2.45, 2.75) is 37.3 Å². The summed E-state index contributed by atoms with van der Waals surface area (Å²) in [6.45, 7) is 0. The van der Waals surface area contributed by atoms with Crippen LogP contribution < -0.4 is 5.73 Å². The highest BCUT2D eigenvalue weighted by molar-refractivity contribution is 5.20. The lowest BCUT2D eigenvalue weighted by atomic mass is 9.73. The predicted octanol–water partition coefficient (Wildman–Crippen LogP) is 2.26. The van der Waals surface area contributed by atoms with Crippen molar-refractivity contribution < 1.29 is 9.13 Å². The number of ether oxygens (including phenoxy) is 1. The normalized spacial score (nSPS) is 20.2. The molecule has 3 heteroatoms. The first kappa shape index (κ1) is 11.6. The van der Waals surface area contributed by atoms with Crippen molar-refractivity contribution in [2.75, 3.05) is 7.11 Å². The van der Waals surface area contributed by atoms with Crippen molar-refractivity contribution in [3.05, 3.63) is 35.6 Å². The first-order chi connectivity index (χ1) is 7.68. The van der Waals surface area contributed by atoms with Crippen LogP contribution >= 0.6 is 0 Å². The zero-order valence-corrected chi connectivity index (χ0v) is 9.58. The summed E-state index contributed by atoms with van der Waals surface area (Å²) >= 11 is 0. The fourth-order valence-electron chi connectivity index (χ4n) is 2.34. The van der Waals surface area contributed by atoms with Crippen LogP contribution in [0.3, 0.4) is 0 Å². The Balaban J connectivity index is 2.07. The minimum absolute atomic E-state index is 0.122. The third-order valence-corrected chi connectivity index (χ3v) is 3.68. The smallest absolute Gasteiger partial charge is 0.126 e. The van der Waals surface area contributed by atoms with Crippen molar-refractivity contribution in [1.29, 1.82) is 0 Å². The van der Waals surface area contributed by atoms with E-state index in [-0.39, 0.29) is 17.5 Å². The Morgan fingerprint density at radius 1 is 1.44 bits per heavy atom. The second kappa shape index (κ2) is 4.52. The molecule has 1 unspecified atom stereocenters. The van der Waals surface area contributed by atoms with Gasteiger partial charge in [0, 0.05) is 13.2 Å². The molecule has 88 valence electrons. The number of rotatable bonds is 4. The van der Waals surface area contributed by atoms with Crippen molar-refractivity contribution in [1.82, 2.24) is 0 Å². The molecular weight excluding hydrogens is 205 g/mol. The Hall–Kier alpha value is -0.930. The molecule has 0 bridgehead atoms. The number of benzene rings is 1. The Kier molecular flexibility index (Phi) is 3.26. The molecule has 2 nitrogen and oxygen atoms in total. The summed E-state index contributed by atoms with van der Waals surface area (Å²) in [5.41, 5.74) is 6.59. The van der Waals surface area contributed by atoms with Gasteiger partial charge < -0.3 is 10.5 Å². The Morgan fingerprint density at radius 3 is 2.62 bits per heavy atom. The largest absolute Gasteiger partial charge is 0.377 e. The molecule has 0 radical (unpaired) electrons. The van der Waals surface area contributed by atoms with Gasteiger partial charge in [0.15, 0.2) is 0 Å². The molecular formula is C13H18FNO. The van der Waals surface area contributed by atoms with E-state index in [9.17, 15) is 4.39 Å². The van der Waals surface area contributed by atoms with Crippen LogP contribution in [0, 0.1) is 5.82 Å². The lowest BCUT2D eigenvalue weighted by Crippen LogP contribution is -2.55. The lowest BCUT2D eigenvalue weighted by molar-refractivity contribution is -0.0898. The van der Waals surface area contributed by atoms with Crippen LogP contribution in [0.4, 0.5) is 4.39 Å². The van der Waals surface area contributed by atoms with E-state index < -0.39 is 0 Å². The molecule has 0 saturated heterocycles. The van der Waals surface area contributed by atoms with E-state index in [1.807, 2.05) is 6.07 Å². The van der Waals surface area contributed by atoms with Gasteiger partial charge in [-0.3, -0.25) is 0 Å². The molecule has 0 heterocycles. The minimum atomic E-state index is -0.220. The molecule has 16 heavy (non-hydrogen) atoms. The topological polar surface area (TPSA) is 35.2 Å². The molecule has 1 fully saturated rings. The number of methoxy groups -OCH3 is 1. The number of nitrogens with two attached hydrogens (primary N) is 1. The average molecular weight is 223 g/mol. The highest BCUT2D eigenvalue weighted by Gasteiger charge is 2.42. The fourth-order valence-corrected chi connectivity index (χ4v) is 2.34. The summed E-state index contributed by atoms with van der Waals surface area (Å²) in [4.78, 5) is 0. The van der Waals surface area contributed by atoms with E-state index >= 15 is 0 Å². The first-order valence-electron chi connectivity index (χ1n) is 5.72. The Morgan fingerprint density at radius 2 is 2.12 bits per heavy atom. The molecule has 1 atom stereocenters. The molecule has 0 amide bonds. The number of hydrogen-bond donors (Lipinski definition) is 1. The number of hydrogen-bond acceptors (Lipinski definition) is 2. The van der Waals surface area contributed by atoms with E-state index in [0.717, 1.165) is 19.3 Å². The molecule has 1 saturated carbocycles. The first-order valence-corrected chi connectivity index (χ1v) is 5.72. The van der Waals surface area contributed by atoms with Crippen molar-refractivity contribution in [3.8, 4) is 0 Å². The van der Waals surface area contributed by atoms with Gasteiger partial charge in [0.25, 0.3) is 0 Å². The molecule has 1 aromatic carbocycles. The molecule has 1 aliphatic rings. The zero-order valence-electron chi connectivity index (χ0n) is 9.58. The lowest BCUT2D eigenvalue weighted by Gasteiger charge is -2.45. The maximum atomic E-state index is 13.5. The van der Waals surface area contributed by atoms with Gasteiger partial charge in [-0.25, -0.2) is 4.39 Å². The van der Waals surface area contributed by atoms with Crippen LogP contribution in [0.5, 0.6) is 0 Å². The SMILES string of the molecule is COC1(C(N)Cc2ccccc2F)CCC1. The maximum Gasteiger partial charge on any atom is 0.126 e. The summed E-state index contributed by atoms with van der Waals surface area (Å²) in [7, 11) is 1.69. The molecule has 2 N–H and O–H groups in total. The van der Waals surface area contributed by atoms with E-state index in [0.29, 0.717) is 12.0 Å². The van der Waals surface area contributed by atoms with Crippen molar-refractivity contribution in [3.63, 3.8) is 0 Å². The average Bonchev–Trinajstić information content (AvgIpc) is 2.21. The van der Waals surface area contributed by atoms with E-state index in [1.54, 1.807) is 19.2 Å². The fraction of sp³-hybridized carbons (Fsp3) is 0.538. The predicted molar refractivity (Wildman–Crippen MR) is 61.7 cm³/mol. The van der Waals surface area contributed by atoms with Crippen LogP contribution in [0.15, 0.2) is 24.3 Å². The van der Waals surface area contributed by atoms with Gasteiger partial charge in [-0.2, -0.15) is 0 Å². The Labute approximate surface area is 95.6 Å². The summed E-state index contributed by atoms with van der Waals surface area (Å²) in [6.07, 6.45) is 3.66. The number of halogens is 1. The molecule has 1 aromatic rings. The monoisotopic (exact) mass is 223 g/mol. The second-order valence-electron chi connectivity index (χ2n) is 4.52. The molecule has 0 aliphatic heterocycles. The molecule has 0 spiro atoms.